The lowest BCUT2D eigenvalue weighted by Crippen LogP contribution is -2.40. The first-order chi connectivity index (χ1) is 9.99. The number of carbonyl (C=O) groups is 1. The van der Waals surface area contributed by atoms with Crippen LogP contribution in [0.2, 0.25) is 0 Å². The maximum atomic E-state index is 11.6. The highest BCUT2D eigenvalue weighted by Crippen LogP contribution is 2.38. The summed E-state index contributed by atoms with van der Waals surface area (Å²) in [5.41, 5.74) is 6.50. The zero-order chi connectivity index (χ0) is 15.6. The van der Waals surface area contributed by atoms with E-state index in [2.05, 4.69) is 5.32 Å². The molecule has 114 valence electrons. The van der Waals surface area contributed by atoms with Crippen LogP contribution in [-0.2, 0) is 0 Å². The number of amides is 1. The van der Waals surface area contributed by atoms with Crippen molar-refractivity contribution in [3.63, 3.8) is 0 Å². The van der Waals surface area contributed by atoms with Gasteiger partial charge < -0.3 is 16.0 Å². The summed E-state index contributed by atoms with van der Waals surface area (Å²) in [6, 6.07) is 4.62. The van der Waals surface area contributed by atoms with Gasteiger partial charge in [-0.05, 0) is 30.9 Å². The van der Waals surface area contributed by atoms with E-state index in [1.807, 2.05) is 11.9 Å². The normalized spacial score (nSPS) is 15.4. The van der Waals surface area contributed by atoms with Crippen LogP contribution in [0.5, 0.6) is 0 Å². The molecule has 1 aromatic rings. The van der Waals surface area contributed by atoms with Crippen LogP contribution in [0.25, 0.3) is 0 Å². The minimum Gasteiger partial charge on any atom is -0.365 e. The zero-order valence-electron chi connectivity index (χ0n) is 12.2. The number of hydrogen-bond donors (Lipinski definition) is 2. The SMILES string of the molecule is CNC(=O)c1ccc(N(C)C(CN)C2CC2)c([N+](=O)[O-])c1. The second kappa shape index (κ2) is 6.09. The van der Waals surface area contributed by atoms with E-state index >= 15 is 0 Å². The van der Waals surface area contributed by atoms with Gasteiger partial charge in [0, 0.05) is 38.3 Å². The number of nitro benzene ring substituents is 1. The molecule has 1 fully saturated rings. The molecule has 0 aromatic heterocycles. The Labute approximate surface area is 123 Å². The Kier molecular flexibility index (Phi) is 4.42. The quantitative estimate of drug-likeness (QED) is 0.604. The maximum Gasteiger partial charge on any atom is 0.293 e. The highest BCUT2D eigenvalue weighted by molar-refractivity contribution is 5.95. The first-order valence-electron chi connectivity index (χ1n) is 6.93. The van der Waals surface area contributed by atoms with Crippen molar-refractivity contribution in [2.24, 2.45) is 11.7 Å². The largest absolute Gasteiger partial charge is 0.365 e. The maximum absolute atomic E-state index is 11.6. The average Bonchev–Trinajstić information content (AvgIpc) is 3.31. The second-order valence-electron chi connectivity index (χ2n) is 5.29. The molecular formula is C14H20N4O3. The molecule has 0 radical (unpaired) electrons. The Morgan fingerprint density at radius 3 is 2.71 bits per heavy atom. The molecule has 1 saturated carbocycles. The Morgan fingerprint density at radius 2 is 2.24 bits per heavy atom. The van der Waals surface area contributed by atoms with Crippen molar-refractivity contribution in [2.45, 2.75) is 18.9 Å². The van der Waals surface area contributed by atoms with E-state index in [1.54, 1.807) is 12.1 Å². The van der Waals surface area contributed by atoms with Gasteiger partial charge >= 0.3 is 0 Å². The van der Waals surface area contributed by atoms with Gasteiger partial charge in [0.15, 0.2) is 0 Å². The summed E-state index contributed by atoms with van der Waals surface area (Å²) in [5, 5.41) is 13.8. The fourth-order valence-corrected chi connectivity index (χ4v) is 2.58. The molecule has 0 spiro atoms. The van der Waals surface area contributed by atoms with Gasteiger partial charge in [0.25, 0.3) is 11.6 Å². The van der Waals surface area contributed by atoms with E-state index in [0.717, 1.165) is 12.8 Å². The second-order valence-corrected chi connectivity index (χ2v) is 5.29. The monoisotopic (exact) mass is 292 g/mol. The van der Waals surface area contributed by atoms with Crippen molar-refractivity contribution >= 4 is 17.3 Å². The minimum atomic E-state index is -0.460. The van der Waals surface area contributed by atoms with Crippen LogP contribution in [0.15, 0.2) is 18.2 Å². The summed E-state index contributed by atoms with van der Waals surface area (Å²) in [6.45, 7) is 0.454. The van der Waals surface area contributed by atoms with Crippen LogP contribution in [0, 0.1) is 16.0 Å². The van der Waals surface area contributed by atoms with E-state index in [-0.39, 0.29) is 23.2 Å². The average molecular weight is 292 g/mol. The summed E-state index contributed by atoms with van der Waals surface area (Å²) in [7, 11) is 3.31. The molecule has 1 aliphatic rings. The predicted molar refractivity (Wildman–Crippen MR) is 80.5 cm³/mol. The molecule has 0 heterocycles. The van der Waals surface area contributed by atoms with Crippen LogP contribution in [0.1, 0.15) is 23.2 Å². The van der Waals surface area contributed by atoms with Gasteiger partial charge in [-0.3, -0.25) is 14.9 Å². The molecule has 7 nitrogen and oxygen atoms in total. The predicted octanol–water partition coefficient (Wildman–Crippen LogP) is 1.13. The standard InChI is InChI=1S/C14H20N4O3/c1-16-14(19)10-5-6-11(12(7-10)18(20)21)17(2)13(8-15)9-3-4-9/h5-7,9,13H,3-4,8,15H2,1-2H3,(H,16,19). The van der Waals surface area contributed by atoms with Crippen molar-refractivity contribution in [3.05, 3.63) is 33.9 Å². The number of likely N-dealkylation sites (N-methyl/N-ethyl adjacent to an activating group) is 1. The Balaban J connectivity index is 2.37. The highest BCUT2D eigenvalue weighted by atomic mass is 16.6. The smallest absolute Gasteiger partial charge is 0.293 e. The molecular weight excluding hydrogens is 272 g/mol. The van der Waals surface area contributed by atoms with E-state index in [0.29, 0.717) is 18.2 Å². The number of nitrogens with one attached hydrogen (secondary N) is 1. The number of rotatable bonds is 6. The number of anilines is 1. The van der Waals surface area contributed by atoms with E-state index in [1.165, 1.54) is 13.1 Å². The van der Waals surface area contributed by atoms with Crippen molar-refractivity contribution in [1.29, 1.82) is 0 Å². The summed E-state index contributed by atoms with van der Waals surface area (Å²) >= 11 is 0. The molecule has 0 saturated heterocycles. The molecule has 3 N–H and O–H groups in total. The lowest BCUT2D eigenvalue weighted by Gasteiger charge is -2.29. The lowest BCUT2D eigenvalue weighted by molar-refractivity contribution is -0.384. The Morgan fingerprint density at radius 1 is 1.57 bits per heavy atom. The summed E-state index contributed by atoms with van der Waals surface area (Å²) in [5.74, 6) is 0.156. The van der Waals surface area contributed by atoms with Gasteiger partial charge in [-0.15, -0.1) is 0 Å². The molecule has 1 atom stereocenters. The molecule has 21 heavy (non-hydrogen) atoms. The van der Waals surface area contributed by atoms with Gasteiger partial charge in [0.1, 0.15) is 5.69 Å². The van der Waals surface area contributed by atoms with E-state index < -0.39 is 4.92 Å². The molecule has 1 aromatic carbocycles. The molecule has 0 aliphatic heterocycles. The van der Waals surface area contributed by atoms with Crippen molar-refractivity contribution < 1.29 is 9.72 Å². The molecule has 1 amide bonds. The van der Waals surface area contributed by atoms with E-state index in [9.17, 15) is 14.9 Å². The van der Waals surface area contributed by atoms with Crippen LogP contribution >= 0.6 is 0 Å². The number of nitro groups is 1. The van der Waals surface area contributed by atoms with Crippen LogP contribution < -0.4 is 16.0 Å². The fourth-order valence-electron chi connectivity index (χ4n) is 2.58. The Bertz CT molecular complexity index is 557. The third kappa shape index (κ3) is 3.13. The summed E-state index contributed by atoms with van der Waals surface area (Å²) in [4.78, 5) is 24.3. The van der Waals surface area contributed by atoms with Gasteiger partial charge in [-0.25, -0.2) is 0 Å². The van der Waals surface area contributed by atoms with Crippen LogP contribution in [0.4, 0.5) is 11.4 Å². The number of benzene rings is 1. The van der Waals surface area contributed by atoms with Crippen LogP contribution in [0.3, 0.4) is 0 Å². The van der Waals surface area contributed by atoms with Crippen molar-refractivity contribution in [2.75, 3.05) is 25.5 Å². The topological polar surface area (TPSA) is 102 Å². The molecule has 1 unspecified atom stereocenters. The summed E-state index contributed by atoms with van der Waals surface area (Å²) in [6.07, 6.45) is 2.21. The fraction of sp³-hybridized carbons (Fsp3) is 0.500. The zero-order valence-corrected chi connectivity index (χ0v) is 12.2. The Hall–Kier alpha value is -2.15. The van der Waals surface area contributed by atoms with Gasteiger partial charge in [0.2, 0.25) is 0 Å². The van der Waals surface area contributed by atoms with Crippen LogP contribution in [-0.4, -0.2) is 37.5 Å². The van der Waals surface area contributed by atoms with Gasteiger partial charge in [0.05, 0.1) is 4.92 Å². The molecule has 0 bridgehead atoms. The van der Waals surface area contributed by atoms with Gasteiger partial charge in [-0.1, -0.05) is 0 Å². The van der Waals surface area contributed by atoms with Crippen molar-refractivity contribution in [1.82, 2.24) is 5.32 Å². The number of nitrogens with two attached hydrogens (primary N) is 1. The first kappa shape index (κ1) is 15.2. The van der Waals surface area contributed by atoms with Crippen molar-refractivity contribution in [3.8, 4) is 0 Å². The number of nitrogens with zero attached hydrogens (tertiary/aromatic N) is 2. The third-order valence-corrected chi connectivity index (χ3v) is 3.95. The lowest BCUT2D eigenvalue weighted by atomic mass is 10.1. The molecule has 1 aliphatic carbocycles. The highest BCUT2D eigenvalue weighted by Gasteiger charge is 2.35. The minimum absolute atomic E-state index is 0.0716. The number of hydrogen-bond acceptors (Lipinski definition) is 5. The van der Waals surface area contributed by atoms with E-state index in [4.69, 9.17) is 5.73 Å². The molecule has 2 rings (SSSR count). The third-order valence-electron chi connectivity index (χ3n) is 3.95. The first-order valence-corrected chi connectivity index (χ1v) is 6.93. The molecule has 7 heteroatoms. The summed E-state index contributed by atoms with van der Waals surface area (Å²) < 4.78 is 0. The van der Waals surface area contributed by atoms with Gasteiger partial charge in [-0.2, -0.15) is 0 Å². The number of carbonyl (C=O) groups excluding carboxylic acids is 1.